The quantitative estimate of drug-likeness (QED) is 0.0443. The molecule has 1 aliphatic rings. The minimum absolute atomic E-state index is 1.30. The van der Waals surface area contributed by atoms with Gasteiger partial charge in [0.2, 0.25) is 5.84 Å². The van der Waals surface area contributed by atoms with E-state index in [0.717, 1.165) is 0 Å². The summed E-state index contributed by atoms with van der Waals surface area (Å²) >= 11 is 0. The van der Waals surface area contributed by atoms with Crippen molar-refractivity contribution < 1.29 is 4.58 Å². The van der Waals surface area contributed by atoms with Gasteiger partial charge in [0.1, 0.15) is 13.1 Å². The number of amidine groups is 1. The summed E-state index contributed by atoms with van der Waals surface area (Å²) in [5.74, 6) is 1.74. The molecule has 1 aliphatic heterocycles. The topological polar surface area (TPSA) is 6.25 Å². The van der Waals surface area contributed by atoms with Crippen molar-refractivity contribution in [1.82, 2.24) is 4.90 Å². The lowest BCUT2D eigenvalue weighted by molar-refractivity contribution is -0.519. The molecular formula is C52H105N2+. The first-order valence-corrected chi connectivity index (χ1v) is 26.2. The van der Waals surface area contributed by atoms with Crippen LogP contribution in [0.1, 0.15) is 303 Å². The van der Waals surface area contributed by atoms with Gasteiger partial charge < -0.3 is 0 Å². The van der Waals surface area contributed by atoms with Crippen LogP contribution in [0.5, 0.6) is 0 Å². The zero-order chi connectivity index (χ0) is 38.7. The first-order chi connectivity index (χ1) is 26.8. The van der Waals surface area contributed by atoms with E-state index in [4.69, 9.17) is 0 Å². The highest BCUT2D eigenvalue weighted by atomic mass is 15.3. The zero-order valence-corrected chi connectivity index (χ0v) is 38.3. The van der Waals surface area contributed by atoms with Crippen molar-refractivity contribution in [1.29, 1.82) is 0 Å². The van der Waals surface area contributed by atoms with Gasteiger partial charge in [-0.2, -0.15) is 0 Å². The standard InChI is InChI=1S/C52H105N2/c1-4-7-10-13-16-19-22-25-28-29-32-35-38-41-44-47-52-53(48-45-42-39-36-33-30-26-23-20-17-14-11-8-5-2)50-51-54(52)49-46-43-40-37-34-31-27-24-21-18-15-12-9-6-3/h4-51H2,1-3H3/q+1. The van der Waals surface area contributed by atoms with Crippen molar-refractivity contribution in [2.24, 2.45) is 0 Å². The molecule has 0 aromatic rings. The largest absolute Gasteiger partial charge is 0.262 e. The van der Waals surface area contributed by atoms with Crippen LogP contribution >= 0.6 is 0 Å². The Morgan fingerprint density at radius 2 is 0.574 bits per heavy atom. The Hall–Kier alpha value is -0.530. The number of rotatable bonds is 46. The SMILES string of the molecule is CCCCCCCCCCCCCCCCCC1=[N+](CCCCCCCCCCCCCCCC)CCN1CCCCCCCCCCCCCCCC. The fourth-order valence-electron chi connectivity index (χ4n) is 9.15. The minimum atomic E-state index is 1.30. The van der Waals surface area contributed by atoms with Gasteiger partial charge >= 0.3 is 0 Å². The first-order valence-electron chi connectivity index (χ1n) is 26.2. The smallest absolute Gasteiger partial charge is 0.247 e. The fraction of sp³-hybridized carbons (Fsp3) is 0.981. The van der Waals surface area contributed by atoms with E-state index < -0.39 is 0 Å². The third-order valence-corrected chi connectivity index (χ3v) is 12.9. The summed E-state index contributed by atoms with van der Waals surface area (Å²) in [5, 5.41) is 0. The number of hydrogen-bond donors (Lipinski definition) is 0. The molecule has 0 saturated carbocycles. The summed E-state index contributed by atoms with van der Waals surface area (Å²) in [6.07, 6.45) is 64.0. The van der Waals surface area contributed by atoms with Gasteiger partial charge in [-0.05, 0) is 32.1 Å². The minimum Gasteiger partial charge on any atom is -0.262 e. The molecule has 0 aromatic carbocycles. The Kier molecular flexibility index (Phi) is 41.6. The molecule has 0 amide bonds. The lowest BCUT2D eigenvalue weighted by atomic mass is 10.0. The van der Waals surface area contributed by atoms with Crippen molar-refractivity contribution in [2.75, 3.05) is 26.2 Å². The van der Waals surface area contributed by atoms with Crippen molar-refractivity contribution in [3.63, 3.8) is 0 Å². The Balaban J connectivity index is 2.24. The molecule has 0 fully saturated rings. The van der Waals surface area contributed by atoms with Crippen LogP contribution in [0.15, 0.2) is 0 Å². The third-order valence-electron chi connectivity index (χ3n) is 12.9. The maximum atomic E-state index is 2.84. The summed E-state index contributed by atoms with van der Waals surface area (Å²) in [6, 6.07) is 0. The highest BCUT2D eigenvalue weighted by Gasteiger charge is 2.28. The molecular weight excluding hydrogens is 653 g/mol. The van der Waals surface area contributed by atoms with Crippen LogP contribution in [0.3, 0.4) is 0 Å². The van der Waals surface area contributed by atoms with Crippen molar-refractivity contribution in [2.45, 2.75) is 303 Å². The van der Waals surface area contributed by atoms with Crippen molar-refractivity contribution in [3.8, 4) is 0 Å². The molecule has 0 bridgehead atoms. The van der Waals surface area contributed by atoms with E-state index in [1.54, 1.807) is 5.84 Å². The average Bonchev–Trinajstić information content (AvgIpc) is 3.57. The summed E-state index contributed by atoms with van der Waals surface area (Å²) in [7, 11) is 0. The highest BCUT2D eigenvalue weighted by molar-refractivity contribution is 5.78. The molecule has 1 heterocycles. The molecule has 0 saturated heterocycles. The second-order valence-electron chi connectivity index (χ2n) is 18.3. The molecule has 2 nitrogen and oxygen atoms in total. The van der Waals surface area contributed by atoms with Crippen LogP contribution in [0.4, 0.5) is 0 Å². The average molecular weight is 758 g/mol. The van der Waals surface area contributed by atoms with E-state index in [1.165, 1.54) is 309 Å². The molecule has 0 N–H and O–H groups in total. The lowest BCUT2D eigenvalue weighted by Gasteiger charge is -2.14. The van der Waals surface area contributed by atoms with E-state index in [1.807, 2.05) is 0 Å². The maximum absolute atomic E-state index is 2.84. The van der Waals surface area contributed by atoms with Gasteiger partial charge in [-0.3, -0.25) is 9.48 Å². The van der Waals surface area contributed by atoms with Crippen molar-refractivity contribution >= 4 is 5.84 Å². The summed E-state index contributed by atoms with van der Waals surface area (Å²) < 4.78 is 2.84. The maximum Gasteiger partial charge on any atom is 0.247 e. The van der Waals surface area contributed by atoms with Gasteiger partial charge in [0.15, 0.2) is 0 Å². The monoisotopic (exact) mass is 758 g/mol. The first kappa shape index (κ1) is 51.5. The molecule has 0 spiro atoms. The van der Waals surface area contributed by atoms with Crippen LogP contribution in [-0.2, 0) is 0 Å². The van der Waals surface area contributed by atoms with Gasteiger partial charge in [-0.1, -0.05) is 265 Å². The van der Waals surface area contributed by atoms with Gasteiger partial charge in [0, 0.05) is 6.42 Å². The molecule has 2 heteroatoms. The van der Waals surface area contributed by atoms with E-state index in [-0.39, 0.29) is 0 Å². The molecule has 0 atom stereocenters. The third kappa shape index (κ3) is 34.7. The molecule has 0 aliphatic carbocycles. The Labute approximate surface area is 343 Å². The number of unbranched alkanes of at least 4 members (excludes halogenated alkanes) is 40. The second kappa shape index (κ2) is 43.6. The lowest BCUT2D eigenvalue weighted by Crippen LogP contribution is -2.30. The Bertz CT molecular complexity index is 743. The van der Waals surface area contributed by atoms with Gasteiger partial charge in [-0.25, -0.2) is 0 Å². The van der Waals surface area contributed by atoms with Crippen LogP contribution in [0.25, 0.3) is 0 Å². The van der Waals surface area contributed by atoms with Crippen LogP contribution in [-0.4, -0.2) is 41.5 Å². The summed E-state index contributed by atoms with van der Waals surface area (Å²) in [4.78, 5) is 2.84. The molecule has 1 rings (SSSR count). The van der Waals surface area contributed by atoms with E-state index in [0.29, 0.717) is 0 Å². The van der Waals surface area contributed by atoms with Crippen LogP contribution in [0.2, 0.25) is 0 Å². The van der Waals surface area contributed by atoms with E-state index >= 15 is 0 Å². The summed E-state index contributed by atoms with van der Waals surface area (Å²) in [5.41, 5.74) is 0. The fourth-order valence-corrected chi connectivity index (χ4v) is 9.15. The van der Waals surface area contributed by atoms with E-state index in [9.17, 15) is 0 Å². The Morgan fingerprint density at radius 3 is 0.889 bits per heavy atom. The second-order valence-corrected chi connectivity index (χ2v) is 18.3. The molecule has 0 aromatic heterocycles. The van der Waals surface area contributed by atoms with E-state index in [2.05, 4.69) is 30.2 Å². The predicted octanol–water partition coefficient (Wildman–Crippen LogP) is 17.9. The Morgan fingerprint density at radius 1 is 0.315 bits per heavy atom. The number of hydrogen-bond acceptors (Lipinski definition) is 1. The molecule has 0 radical (unpaired) electrons. The summed E-state index contributed by atoms with van der Waals surface area (Å²) in [6.45, 7) is 12.2. The van der Waals surface area contributed by atoms with Gasteiger partial charge in [0.25, 0.3) is 0 Å². The molecule has 0 unspecified atom stereocenters. The molecule has 54 heavy (non-hydrogen) atoms. The zero-order valence-electron chi connectivity index (χ0n) is 38.3. The van der Waals surface area contributed by atoms with Crippen LogP contribution < -0.4 is 0 Å². The van der Waals surface area contributed by atoms with Crippen molar-refractivity contribution in [3.05, 3.63) is 0 Å². The van der Waals surface area contributed by atoms with Crippen LogP contribution in [0, 0.1) is 0 Å². The van der Waals surface area contributed by atoms with Gasteiger partial charge in [-0.15, -0.1) is 0 Å². The number of nitrogens with zero attached hydrogens (tertiary/aromatic N) is 2. The predicted molar refractivity (Wildman–Crippen MR) is 247 cm³/mol. The molecule has 322 valence electrons. The normalized spacial score (nSPS) is 13.3. The highest BCUT2D eigenvalue weighted by Crippen LogP contribution is 2.18. The van der Waals surface area contributed by atoms with Gasteiger partial charge in [0.05, 0.1) is 13.1 Å².